The summed E-state index contributed by atoms with van der Waals surface area (Å²) in [6.07, 6.45) is 7.31. The summed E-state index contributed by atoms with van der Waals surface area (Å²) in [5, 5.41) is 0. The zero-order chi connectivity index (χ0) is 16.7. The fourth-order valence-electron chi connectivity index (χ4n) is 2.33. The molecule has 1 atom stereocenters. The van der Waals surface area contributed by atoms with E-state index in [1.807, 2.05) is 42.5 Å². The van der Waals surface area contributed by atoms with Crippen molar-refractivity contribution in [3.8, 4) is 5.75 Å². The average Bonchev–Trinajstić information content (AvgIpc) is 2.74. The van der Waals surface area contributed by atoms with Gasteiger partial charge in [-0.05, 0) is 33.7 Å². The summed E-state index contributed by atoms with van der Waals surface area (Å²) in [6, 6.07) is 13.6. The second kappa shape index (κ2) is 8.61. The maximum Gasteiger partial charge on any atom is 0.539 e. The zero-order valence-electron chi connectivity index (χ0n) is 13.5. The Hall–Kier alpha value is -1.96. The Kier molecular flexibility index (Phi) is 6.52. The first-order valence-corrected chi connectivity index (χ1v) is 8.95. The number of unbranched alkanes of at least 4 members (excludes halogenated alkanes) is 1. The van der Waals surface area contributed by atoms with Gasteiger partial charge in [0.2, 0.25) is 0 Å². The van der Waals surface area contributed by atoms with Crippen molar-refractivity contribution in [2.45, 2.75) is 33.1 Å². The van der Waals surface area contributed by atoms with Crippen LogP contribution in [0.3, 0.4) is 0 Å². The minimum absolute atomic E-state index is 0.387. The quantitative estimate of drug-likeness (QED) is 0.638. The van der Waals surface area contributed by atoms with Gasteiger partial charge < -0.3 is 4.89 Å². The fourth-order valence-corrected chi connectivity index (χ4v) is 2.65. The summed E-state index contributed by atoms with van der Waals surface area (Å²) < 4.78 is 15.6. The van der Waals surface area contributed by atoms with Crippen LogP contribution < -0.4 is 9.42 Å². The van der Waals surface area contributed by atoms with Crippen molar-refractivity contribution in [1.82, 2.24) is 0 Å². The largest absolute Gasteiger partial charge is 0.558 e. The molecule has 0 heterocycles. The van der Waals surface area contributed by atoms with Gasteiger partial charge in [-0.15, -0.1) is 0 Å². The van der Waals surface area contributed by atoms with Crippen molar-refractivity contribution in [2.75, 3.05) is 0 Å². The van der Waals surface area contributed by atoms with Gasteiger partial charge in [0.1, 0.15) is 0 Å². The van der Waals surface area contributed by atoms with Crippen LogP contribution in [0.25, 0.3) is 12.2 Å². The van der Waals surface area contributed by atoms with Gasteiger partial charge in [0, 0.05) is 5.56 Å². The number of hydrogen-bond donors (Lipinski definition) is 0. The number of benzene rings is 2. The predicted octanol–water partition coefficient (Wildman–Crippen LogP) is 4.96. The Bertz CT molecular complexity index is 706. The van der Waals surface area contributed by atoms with Crippen LogP contribution in [-0.2, 0) is 11.0 Å². The highest BCUT2D eigenvalue weighted by atomic mass is 31.1. The molecule has 4 heteroatoms. The zero-order valence-corrected chi connectivity index (χ0v) is 14.4. The third-order valence-electron chi connectivity index (χ3n) is 3.69. The third-order valence-corrected chi connectivity index (χ3v) is 4.04. The van der Waals surface area contributed by atoms with Gasteiger partial charge in [0.05, 0.1) is 0 Å². The van der Waals surface area contributed by atoms with E-state index in [-0.39, 0.29) is 0 Å². The van der Waals surface area contributed by atoms with Crippen molar-refractivity contribution in [3.05, 3.63) is 64.7 Å². The predicted molar refractivity (Wildman–Crippen MR) is 93.4 cm³/mol. The molecule has 1 aliphatic carbocycles. The molecule has 3 nitrogen and oxygen atoms in total. The molecule has 0 aliphatic heterocycles. The molecule has 0 bridgehead atoms. The number of fused-ring (bicyclic) bond motifs is 2. The summed E-state index contributed by atoms with van der Waals surface area (Å²) in [4.78, 5) is 10.7. The van der Waals surface area contributed by atoms with Gasteiger partial charge >= 0.3 is 8.25 Å². The maximum absolute atomic E-state index is 10.7. The van der Waals surface area contributed by atoms with E-state index >= 15 is 0 Å². The first-order chi connectivity index (χ1) is 11.2. The SMILES string of the molecule is CCCC.O=[P+]([O-])Oc1cccc2c1C=Cc1ccccc1C2. The molecule has 0 saturated carbocycles. The molecule has 0 fully saturated rings. The monoisotopic (exact) mass is 328 g/mol. The third kappa shape index (κ3) is 4.75. The number of hydrogen-bond acceptors (Lipinski definition) is 3. The Labute approximate surface area is 138 Å². The lowest BCUT2D eigenvalue weighted by Gasteiger charge is -2.07. The molecule has 1 unspecified atom stereocenters. The van der Waals surface area contributed by atoms with Gasteiger partial charge in [-0.2, -0.15) is 0 Å². The highest BCUT2D eigenvalue weighted by molar-refractivity contribution is 7.31. The highest BCUT2D eigenvalue weighted by Gasteiger charge is 2.16. The van der Waals surface area contributed by atoms with Crippen LogP contribution in [0.1, 0.15) is 48.9 Å². The van der Waals surface area contributed by atoms with Crippen LogP contribution in [0.2, 0.25) is 0 Å². The first-order valence-electron chi connectivity index (χ1n) is 7.86. The molecule has 23 heavy (non-hydrogen) atoms. The van der Waals surface area contributed by atoms with E-state index in [4.69, 9.17) is 4.52 Å². The van der Waals surface area contributed by atoms with Crippen molar-refractivity contribution in [2.24, 2.45) is 0 Å². The molecule has 0 aromatic heterocycles. The summed E-state index contributed by atoms with van der Waals surface area (Å²) in [7, 11) is -2.89. The smallest absolute Gasteiger partial charge is 0.539 e. The lowest BCUT2D eigenvalue weighted by Crippen LogP contribution is -1.97. The van der Waals surface area contributed by atoms with Crippen molar-refractivity contribution in [1.29, 1.82) is 0 Å². The summed E-state index contributed by atoms with van der Waals surface area (Å²) in [5.74, 6) is 0.387. The maximum atomic E-state index is 10.7. The molecule has 2 aromatic rings. The van der Waals surface area contributed by atoms with Crippen LogP contribution in [0.15, 0.2) is 42.5 Å². The lowest BCUT2D eigenvalue weighted by molar-refractivity contribution is -0.178. The average molecular weight is 328 g/mol. The highest BCUT2D eigenvalue weighted by Crippen LogP contribution is 2.33. The molecule has 2 aromatic carbocycles. The molecule has 120 valence electrons. The molecule has 1 aliphatic rings. The van der Waals surface area contributed by atoms with E-state index in [0.29, 0.717) is 5.75 Å². The van der Waals surface area contributed by atoms with Crippen molar-refractivity contribution < 1.29 is 14.0 Å². The van der Waals surface area contributed by atoms with Gasteiger partial charge in [0.15, 0.2) is 5.75 Å². The van der Waals surface area contributed by atoms with Gasteiger partial charge in [0.25, 0.3) is 0 Å². The van der Waals surface area contributed by atoms with E-state index in [0.717, 1.165) is 23.1 Å². The second-order valence-electron chi connectivity index (χ2n) is 5.35. The van der Waals surface area contributed by atoms with Crippen molar-refractivity contribution in [3.63, 3.8) is 0 Å². The topological polar surface area (TPSA) is 49.4 Å². The van der Waals surface area contributed by atoms with Crippen LogP contribution >= 0.6 is 8.25 Å². The van der Waals surface area contributed by atoms with Gasteiger partial charge in [-0.1, -0.05) is 75.2 Å². The molecule has 0 spiro atoms. The van der Waals surface area contributed by atoms with Crippen LogP contribution in [0.4, 0.5) is 0 Å². The van der Waals surface area contributed by atoms with Gasteiger partial charge in [-0.25, -0.2) is 0 Å². The first kappa shape index (κ1) is 17.4. The standard InChI is InChI=1S/C15H11O3P.C4H10/c16-19(17)18-15-7-3-6-13-10-12-5-2-1-4-11(12)8-9-14(13)15;1-3-4-2/h1-9H,10H2;3-4H2,1-2H3. The summed E-state index contributed by atoms with van der Waals surface area (Å²) in [5.41, 5.74) is 4.27. The lowest BCUT2D eigenvalue weighted by atomic mass is 9.99. The Morgan fingerprint density at radius 2 is 1.70 bits per heavy atom. The van der Waals surface area contributed by atoms with E-state index in [1.54, 1.807) is 6.07 Å². The molecule has 0 saturated heterocycles. The van der Waals surface area contributed by atoms with Crippen LogP contribution in [0.5, 0.6) is 5.75 Å². The molecule has 3 rings (SSSR count). The van der Waals surface area contributed by atoms with Gasteiger partial charge in [-0.3, -0.25) is 4.52 Å². The minimum Gasteiger partial charge on any atom is -0.558 e. The fraction of sp³-hybridized carbons (Fsp3) is 0.263. The van der Waals surface area contributed by atoms with E-state index in [1.165, 1.54) is 18.4 Å². The molecule has 0 N–H and O–H groups in total. The van der Waals surface area contributed by atoms with Crippen LogP contribution in [-0.4, -0.2) is 0 Å². The van der Waals surface area contributed by atoms with Crippen molar-refractivity contribution >= 4 is 20.4 Å². The molecular formula is C19H21O3P. The van der Waals surface area contributed by atoms with E-state index in [2.05, 4.69) is 19.9 Å². The molecular weight excluding hydrogens is 307 g/mol. The Balaban J connectivity index is 0.000000433. The molecule has 0 radical (unpaired) electrons. The van der Waals surface area contributed by atoms with E-state index < -0.39 is 8.25 Å². The normalized spacial score (nSPS) is 12.2. The Morgan fingerprint density at radius 3 is 2.39 bits per heavy atom. The summed E-state index contributed by atoms with van der Waals surface area (Å²) >= 11 is 0. The number of rotatable bonds is 3. The summed E-state index contributed by atoms with van der Waals surface area (Å²) in [6.45, 7) is 4.36. The minimum atomic E-state index is -2.89. The Morgan fingerprint density at radius 1 is 1.00 bits per heavy atom. The van der Waals surface area contributed by atoms with E-state index in [9.17, 15) is 9.46 Å². The second-order valence-corrected chi connectivity index (χ2v) is 5.98. The molecule has 0 amide bonds. The van der Waals surface area contributed by atoms with Crippen LogP contribution in [0, 0.1) is 0 Å².